The third kappa shape index (κ3) is 3.37. The van der Waals surface area contributed by atoms with E-state index >= 15 is 0 Å². The number of aryl methyl sites for hydroxylation is 1. The highest BCUT2D eigenvalue weighted by Crippen LogP contribution is 2.33. The standard InChI is InChI=1S/C17H16ClN3OS/c1-10-2-4-11(5-3-10)13(7-19)17(22)21-16-6-12-14(18)8-20-9-15(12)23-16/h2-6,8-9,13H,7,19H2,1H3,(H,21,22). The number of pyridine rings is 1. The van der Waals surface area contributed by atoms with Crippen LogP contribution in [0.3, 0.4) is 0 Å². The highest BCUT2D eigenvalue weighted by atomic mass is 35.5. The summed E-state index contributed by atoms with van der Waals surface area (Å²) in [7, 11) is 0. The number of benzene rings is 1. The van der Waals surface area contributed by atoms with Gasteiger partial charge in [-0.1, -0.05) is 41.4 Å². The summed E-state index contributed by atoms with van der Waals surface area (Å²) >= 11 is 7.56. The number of halogens is 1. The fourth-order valence-electron chi connectivity index (χ4n) is 2.39. The van der Waals surface area contributed by atoms with Gasteiger partial charge in [0.05, 0.1) is 20.6 Å². The van der Waals surface area contributed by atoms with Crippen molar-refractivity contribution in [2.24, 2.45) is 5.73 Å². The smallest absolute Gasteiger partial charge is 0.233 e. The van der Waals surface area contributed by atoms with E-state index in [4.69, 9.17) is 17.3 Å². The van der Waals surface area contributed by atoms with Gasteiger partial charge in [0.2, 0.25) is 5.91 Å². The molecule has 1 unspecified atom stereocenters. The lowest BCUT2D eigenvalue weighted by Gasteiger charge is -2.14. The Morgan fingerprint density at radius 2 is 2.09 bits per heavy atom. The number of rotatable bonds is 4. The molecule has 2 heterocycles. The molecule has 4 nitrogen and oxygen atoms in total. The Morgan fingerprint density at radius 3 is 2.74 bits per heavy atom. The number of nitrogens with two attached hydrogens (primary N) is 1. The molecule has 118 valence electrons. The lowest BCUT2D eigenvalue weighted by molar-refractivity contribution is -0.117. The number of hydrogen-bond acceptors (Lipinski definition) is 4. The minimum atomic E-state index is -0.380. The zero-order valence-electron chi connectivity index (χ0n) is 12.5. The van der Waals surface area contributed by atoms with Crippen molar-refractivity contribution in [1.82, 2.24) is 4.98 Å². The number of carbonyl (C=O) groups excluding carboxylic acids is 1. The van der Waals surface area contributed by atoms with Crippen LogP contribution in [-0.4, -0.2) is 17.4 Å². The Bertz CT molecular complexity index is 845. The molecule has 0 aliphatic heterocycles. The first-order chi connectivity index (χ1) is 11.1. The van der Waals surface area contributed by atoms with Crippen molar-refractivity contribution < 1.29 is 4.79 Å². The highest BCUT2D eigenvalue weighted by molar-refractivity contribution is 7.23. The Balaban J connectivity index is 1.83. The monoisotopic (exact) mass is 345 g/mol. The van der Waals surface area contributed by atoms with E-state index < -0.39 is 0 Å². The van der Waals surface area contributed by atoms with E-state index in [0.717, 1.165) is 26.2 Å². The summed E-state index contributed by atoms with van der Waals surface area (Å²) in [4.78, 5) is 16.6. The van der Waals surface area contributed by atoms with Crippen LogP contribution >= 0.6 is 22.9 Å². The summed E-state index contributed by atoms with van der Waals surface area (Å²) in [6, 6.07) is 9.72. The summed E-state index contributed by atoms with van der Waals surface area (Å²) in [5, 5.41) is 5.14. The maximum Gasteiger partial charge on any atom is 0.233 e. The van der Waals surface area contributed by atoms with E-state index in [0.29, 0.717) is 5.02 Å². The van der Waals surface area contributed by atoms with Crippen LogP contribution < -0.4 is 11.1 Å². The number of thiophene rings is 1. The van der Waals surface area contributed by atoms with Gasteiger partial charge in [0, 0.05) is 24.3 Å². The Hall–Kier alpha value is -1.95. The number of carbonyl (C=O) groups is 1. The maximum absolute atomic E-state index is 12.6. The summed E-state index contributed by atoms with van der Waals surface area (Å²) in [6.45, 7) is 2.26. The molecular weight excluding hydrogens is 330 g/mol. The number of nitrogens with zero attached hydrogens (tertiary/aromatic N) is 1. The number of hydrogen-bond donors (Lipinski definition) is 2. The van der Waals surface area contributed by atoms with Gasteiger partial charge in [-0.25, -0.2) is 0 Å². The van der Waals surface area contributed by atoms with E-state index in [-0.39, 0.29) is 18.4 Å². The number of aromatic nitrogens is 1. The first kappa shape index (κ1) is 15.9. The Kier molecular flexibility index (Phi) is 4.61. The molecule has 2 aromatic heterocycles. The van der Waals surface area contributed by atoms with Crippen molar-refractivity contribution in [1.29, 1.82) is 0 Å². The van der Waals surface area contributed by atoms with Crippen LogP contribution in [0.1, 0.15) is 17.0 Å². The molecule has 0 bridgehead atoms. The average Bonchev–Trinajstić information content (AvgIpc) is 2.94. The fraction of sp³-hybridized carbons (Fsp3) is 0.176. The minimum Gasteiger partial charge on any atom is -0.329 e. The molecule has 3 rings (SSSR count). The van der Waals surface area contributed by atoms with Gasteiger partial charge in [0.25, 0.3) is 0 Å². The van der Waals surface area contributed by atoms with Gasteiger partial charge in [-0.2, -0.15) is 0 Å². The molecule has 0 saturated carbocycles. The van der Waals surface area contributed by atoms with Crippen molar-refractivity contribution >= 4 is 43.9 Å². The molecule has 0 spiro atoms. The van der Waals surface area contributed by atoms with Crippen molar-refractivity contribution in [3.8, 4) is 0 Å². The van der Waals surface area contributed by atoms with Gasteiger partial charge in [-0.05, 0) is 18.6 Å². The molecular formula is C17H16ClN3OS. The van der Waals surface area contributed by atoms with Gasteiger partial charge in [-0.3, -0.25) is 9.78 Å². The van der Waals surface area contributed by atoms with E-state index in [1.807, 2.05) is 37.3 Å². The summed E-state index contributed by atoms with van der Waals surface area (Å²) in [5.74, 6) is -0.499. The molecule has 0 aliphatic rings. The molecule has 0 radical (unpaired) electrons. The van der Waals surface area contributed by atoms with Crippen molar-refractivity contribution in [2.45, 2.75) is 12.8 Å². The summed E-state index contributed by atoms with van der Waals surface area (Å²) < 4.78 is 0.937. The molecule has 1 atom stereocenters. The predicted octanol–water partition coefficient (Wildman–Crippen LogP) is 3.94. The van der Waals surface area contributed by atoms with E-state index in [1.165, 1.54) is 11.3 Å². The lowest BCUT2D eigenvalue weighted by Crippen LogP contribution is -2.27. The normalized spacial score (nSPS) is 12.3. The van der Waals surface area contributed by atoms with Crippen LogP contribution in [0.15, 0.2) is 42.7 Å². The van der Waals surface area contributed by atoms with Gasteiger partial charge in [-0.15, -0.1) is 11.3 Å². The van der Waals surface area contributed by atoms with Gasteiger partial charge in [0.15, 0.2) is 0 Å². The molecule has 3 aromatic rings. The summed E-state index contributed by atoms with van der Waals surface area (Å²) in [6.07, 6.45) is 3.33. The summed E-state index contributed by atoms with van der Waals surface area (Å²) in [5.41, 5.74) is 7.87. The van der Waals surface area contributed by atoms with Crippen LogP contribution in [-0.2, 0) is 4.79 Å². The zero-order valence-corrected chi connectivity index (χ0v) is 14.1. The van der Waals surface area contributed by atoms with Crippen LogP contribution in [0.2, 0.25) is 5.02 Å². The fourth-order valence-corrected chi connectivity index (χ4v) is 3.62. The number of fused-ring (bicyclic) bond motifs is 1. The average molecular weight is 346 g/mol. The van der Waals surface area contributed by atoms with Crippen molar-refractivity contribution in [3.63, 3.8) is 0 Å². The molecule has 6 heteroatoms. The minimum absolute atomic E-state index is 0.119. The molecule has 23 heavy (non-hydrogen) atoms. The molecule has 3 N–H and O–H groups in total. The van der Waals surface area contributed by atoms with E-state index in [1.54, 1.807) is 12.4 Å². The van der Waals surface area contributed by atoms with Crippen LogP contribution in [0.5, 0.6) is 0 Å². The number of nitrogens with one attached hydrogen (secondary N) is 1. The first-order valence-corrected chi connectivity index (χ1v) is 8.38. The number of amides is 1. The quantitative estimate of drug-likeness (QED) is 0.752. The van der Waals surface area contributed by atoms with E-state index in [2.05, 4.69) is 10.3 Å². The molecule has 0 aliphatic carbocycles. The van der Waals surface area contributed by atoms with Crippen LogP contribution in [0.25, 0.3) is 10.1 Å². The third-order valence-electron chi connectivity index (χ3n) is 3.68. The second-order valence-electron chi connectivity index (χ2n) is 5.33. The highest BCUT2D eigenvalue weighted by Gasteiger charge is 2.20. The molecule has 1 amide bonds. The SMILES string of the molecule is Cc1ccc(C(CN)C(=O)Nc2cc3c(Cl)cncc3s2)cc1. The zero-order chi connectivity index (χ0) is 16.4. The number of anilines is 1. The lowest BCUT2D eigenvalue weighted by atomic mass is 9.97. The van der Waals surface area contributed by atoms with E-state index in [9.17, 15) is 4.79 Å². The Labute approximate surface area is 143 Å². The third-order valence-corrected chi connectivity index (χ3v) is 4.96. The van der Waals surface area contributed by atoms with Gasteiger partial charge < -0.3 is 11.1 Å². The molecule has 0 fully saturated rings. The first-order valence-electron chi connectivity index (χ1n) is 7.19. The maximum atomic E-state index is 12.6. The predicted molar refractivity (Wildman–Crippen MR) is 96.2 cm³/mol. The van der Waals surface area contributed by atoms with Gasteiger partial charge >= 0.3 is 0 Å². The largest absolute Gasteiger partial charge is 0.329 e. The Morgan fingerprint density at radius 1 is 1.35 bits per heavy atom. The topological polar surface area (TPSA) is 68.0 Å². The molecule has 1 aromatic carbocycles. The second-order valence-corrected chi connectivity index (χ2v) is 6.82. The van der Waals surface area contributed by atoms with Crippen LogP contribution in [0.4, 0.5) is 5.00 Å². The molecule has 0 saturated heterocycles. The second kappa shape index (κ2) is 6.66. The van der Waals surface area contributed by atoms with Crippen molar-refractivity contribution in [3.05, 3.63) is 58.9 Å². The van der Waals surface area contributed by atoms with Gasteiger partial charge in [0.1, 0.15) is 0 Å². The van der Waals surface area contributed by atoms with Crippen molar-refractivity contribution in [2.75, 3.05) is 11.9 Å². The van der Waals surface area contributed by atoms with Crippen LogP contribution in [0, 0.1) is 6.92 Å².